The van der Waals surface area contributed by atoms with Gasteiger partial charge in [-0.05, 0) is 12.1 Å². The zero-order valence-electron chi connectivity index (χ0n) is 10.4. The first-order valence-electron chi connectivity index (χ1n) is 5.27. The van der Waals surface area contributed by atoms with Gasteiger partial charge >= 0.3 is 5.97 Å². The number of hydrogen-bond donors (Lipinski definition) is 2. The average Bonchev–Trinajstić information content (AvgIpc) is 2.78. The van der Waals surface area contributed by atoms with Crippen molar-refractivity contribution in [3.8, 4) is 0 Å². The Morgan fingerprint density at radius 3 is 2.47 bits per heavy atom. The summed E-state index contributed by atoms with van der Waals surface area (Å²) < 4.78 is 25.8. The quantitative estimate of drug-likeness (QED) is 0.781. The van der Waals surface area contributed by atoms with Crippen molar-refractivity contribution in [3.63, 3.8) is 0 Å². The topological polar surface area (TPSA) is 104 Å². The summed E-state index contributed by atoms with van der Waals surface area (Å²) in [5, 5.41) is 8.72. The Hall–Kier alpha value is -1.45. The van der Waals surface area contributed by atoms with Crippen molar-refractivity contribution in [2.45, 2.75) is 10.6 Å². The molecule has 0 radical (unpaired) electrons. The van der Waals surface area contributed by atoms with E-state index >= 15 is 0 Å². The van der Waals surface area contributed by atoms with Crippen LogP contribution in [-0.4, -0.2) is 50.9 Å². The van der Waals surface area contributed by atoms with Crippen LogP contribution in [0.15, 0.2) is 16.3 Å². The lowest BCUT2D eigenvalue weighted by molar-refractivity contribution is -0.128. The van der Waals surface area contributed by atoms with Crippen LogP contribution in [0.25, 0.3) is 0 Å². The number of rotatable bonds is 6. The monoisotopic (exact) mass is 306 g/mol. The SMILES string of the molecule is CN(C)C(=O)CCNS(=O)(=O)c1ccc(C(=O)O)s1. The van der Waals surface area contributed by atoms with E-state index in [1.54, 1.807) is 14.1 Å². The molecular weight excluding hydrogens is 292 g/mol. The normalized spacial score (nSPS) is 11.3. The Morgan fingerprint density at radius 1 is 1.37 bits per heavy atom. The molecule has 0 fully saturated rings. The van der Waals surface area contributed by atoms with Gasteiger partial charge in [-0.1, -0.05) is 0 Å². The molecule has 1 heterocycles. The summed E-state index contributed by atoms with van der Waals surface area (Å²) in [7, 11) is -0.603. The summed E-state index contributed by atoms with van der Waals surface area (Å²) in [5.41, 5.74) is 0. The molecule has 0 unspecified atom stereocenters. The smallest absolute Gasteiger partial charge is 0.345 e. The second-order valence-electron chi connectivity index (χ2n) is 3.86. The highest BCUT2D eigenvalue weighted by Crippen LogP contribution is 2.21. The minimum atomic E-state index is -3.76. The van der Waals surface area contributed by atoms with Gasteiger partial charge in [0.1, 0.15) is 9.09 Å². The fourth-order valence-corrected chi connectivity index (χ4v) is 3.39. The van der Waals surface area contributed by atoms with Crippen molar-refractivity contribution in [1.29, 1.82) is 0 Å². The van der Waals surface area contributed by atoms with E-state index in [0.29, 0.717) is 11.3 Å². The maximum atomic E-state index is 11.8. The summed E-state index contributed by atoms with van der Waals surface area (Å²) in [5.74, 6) is -1.37. The Labute approximate surface area is 114 Å². The van der Waals surface area contributed by atoms with E-state index in [4.69, 9.17) is 5.11 Å². The summed E-state index contributed by atoms with van der Waals surface area (Å²) in [4.78, 5) is 23.3. The van der Waals surface area contributed by atoms with Gasteiger partial charge in [0.2, 0.25) is 15.9 Å². The van der Waals surface area contributed by atoms with E-state index in [2.05, 4.69) is 4.72 Å². The lowest BCUT2D eigenvalue weighted by atomic mass is 10.4. The summed E-state index contributed by atoms with van der Waals surface area (Å²) in [6, 6.07) is 2.46. The molecule has 1 aromatic rings. The first kappa shape index (κ1) is 15.6. The molecule has 0 saturated heterocycles. The number of aromatic carboxylic acids is 1. The molecule has 0 atom stereocenters. The standard InChI is InChI=1S/C10H14N2O5S2/c1-12(2)8(13)5-6-11-19(16,17)9-4-3-7(18-9)10(14)15/h3-4,11H,5-6H2,1-2H3,(H,14,15). The third kappa shape index (κ3) is 4.30. The van der Waals surface area contributed by atoms with E-state index in [1.165, 1.54) is 17.0 Å². The zero-order chi connectivity index (χ0) is 14.6. The van der Waals surface area contributed by atoms with Crippen LogP contribution in [0.3, 0.4) is 0 Å². The molecule has 2 N–H and O–H groups in total. The van der Waals surface area contributed by atoms with Crippen LogP contribution < -0.4 is 4.72 Å². The fraction of sp³-hybridized carbons (Fsp3) is 0.400. The minimum Gasteiger partial charge on any atom is -0.477 e. The maximum Gasteiger partial charge on any atom is 0.345 e. The van der Waals surface area contributed by atoms with Gasteiger partial charge in [-0.3, -0.25) is 4.79 Å². The van der Waals surface area contributed by atoms with E-state index < -0.39 is 16.0 Å². The largest absolute Gasteiger partial charge is 0.477 e. The Balaban J connectivity index is 2.65. The molecule has 1 aromatic heterocycles. The highest BCUT2D eigenvalue weighted by molar-refractivity contribution is 7.91. The first-order chi connectivity index (χ1) is 8.74. The van der Waals surface area contributed by atoms with Crippen LogP contribution in [0, 0.1) is 0 Å². The number of nitrogens with one attached hydrogen (secondary N) is 1. The van der Waals surface area contributed by atoms with Crippen molar-refractivity contribution in [2.24, 2.45) is 0 Å². The number of amides is 1. The Kier molecular flexibility index (Phi) is 5.04. The fourth-order valence-electron chi connectivity index (χ4n) is 1.17. The number of hydrogen-bond acceptors (Lipinski definition) is 5. The molecule has 0 aliphatic carbocycles. The number of carbonyl (C=O) groups is 2. The molecule has 0 spiro atoms. The van der Waals surface area contributed by atoms with Gasteiger partial charge in [-0.25, -0.2) is 17.9 Å². The van der Waals surface area contributed by atoms with Crippen LogP contribution in [0.2, 0.25) is 0 Å². The molecule has 0 bridgehead atoms. The molecule has 0 aliphatic heterocycles. The van der Waals surface area contributed by atoms with E-state index in [9.17, 15) is 18.0 Å². The number of nitrogens with zero attached hydrogens (tertiary/aromatic N) is 1. The predicted molar refractivity (Wildman–Crippen MR) is 69.8 cm³/mol. The van der Waals surface area contributed by atoms with Gasteiger partial charge in [-0.2, -0.15) is 0 Å². The van der Waals surface area contributed by atoms with Crippen LogP contribution in [-0.2, 0) is 14.8 Å². The number of carboxylic acids is 1. The van der Waals surface area contributed by atoms with Crippen molar-refractivity contribution in [2.75, 3.05) is 20.6 Å². The van der Waals surface area contributed by atoms with Crippen LogP contribution >= 0.6 is 11.3 Å². The highest BCUT2D eigenvalue weighted by Gasteiger charge is 2.19. The van der Waals surface area contributed by atoms with Crippen LogP contribution in [0.5, 0.6) is 0 Å². The van der Waals surface area contributed by atoms with Crippen LogP contribution in [0.1, 0.15) is 16.1 Å². The van der Waals surface area contributed by atoms with Gasteiger partial charge in [-0.15, -0.1) is 11.3 Å². The number of carboxylic acid groups (broad SMARTS) is 1. The molecule has 0 aromatic carbocycles. The second kappa shape index (κ2) is 6.13. The molecule has 106 valence electrons. The zero-order valence-corrected chi connectivity index (χ0v) is 12.0. The molecule has 0 aliphatic rings. The van der Waals surface area contributed by atoms with Crippen molar-refractivity contribution >= 4 is 33.2 Å². The molecule has 19 heavy (non-hydrogen) atoms. The van der Waals surface area contributed by atoms with Gasteiger partial charge < -0.3 is 10.0 Å². The minimum absolute atomic E-state index is 0.0281. The third-order valence-electron chi connectivity index (χ3n) is 2.19. The van der Waals surface area contributed by atoms with Crippen molar-refractivity contribution in [1.82, 2.24) is 9.62 Å². The number of carbonyl (C=O) groups excluding carboxylic acids is 1. The molecular formula is C10H14N2O5S2. The summed E-state index contributed by atoms with van der Waals surface area (Å²) in [6.07, 6.45) is 0.0450. The van der Waals surface area contributed by atoms with E-state index in [-0.39, 0.29) is 28.0 Å². The third-order valence-corrected chi connectivity index (χ3v) is 5.21. The van der Waals surface area contributed by atoms with Crippen molar-refractivity contribution in [3.05, 3.63) is 17.0 Å². The Morgan fingerprint density at radius 2 is 2.00 bits per heavy atom. The Bertz CT molecular complexity index is 576. The first-order valence-corrected chi connectivity index (χ1v) is 7.57. The maximum absolute atomic E-state index is 11.8. The molecule has 9 heteroatoms. The highest BCUT2D eigenvalue weighted by atomic mass is 32.2. The van der Waals surface area contributed by atoms with Gasteiger partial charge in [0.15, 0.2) is 0 Å². The van der Waals surface area contributed by atoms with Gasteiger partial charge in [0.05, 0.1) is 0 Å². The lowest BCUT2D eigenvalue weighted by Crippen LogP contribution is -2.29. The molecule has 1 amide bonds. The predicted octanol–water partition coefficient (Wildman–Crippen LogP) is 0.203. The molecule has 7 nitrogen and oxygen atoms in total. The molecule has 0 saturated carbocycles. The number of thiophene rings is 1. The molecule has 1 rings (SSSR count). The van der Waals surface area contributed by atoms with Crippen LogP contribution in [0.4, 0.5) is 0 Å². The average molecular weight is 306 g/mol. The summed E-state index contributed by atoms with van der Waals surface area (Å²) in [6.45, 7) is -0.0281. The van der Waals surface area contributed by atoms with Gasteiger partial charge in [0.25, 0.3) is 0 Å². The van der Waals surface area contributed by atoms with E-state index in [1.807, 2.05) is 0 Å². The summed E-state index contributed by atoms with van der Waals surface area (Å²) >= 11 is 0.668. The second-order valence-corrected chi connectivity index (χ2v) is 6.94. The van der Waals surface area contributed by atoms with Crippen molar-refractivity contribution < 1.29 is 23.1 Å². The number of sulfonamides is 1. The van der Waals surface area contributed by atoms with Gasteiger partial charge in [0, 0.05) is 27.1 Å². The lowest BCUT2D eigenvalue weighted by Gasteiger charge is -2.10. The van der Waals surface area contributed by atoms with E-state index in [0.717, 1.165) is 0 Å².